The zero-order valence-electron chi connectivity index (χ0n) is 11.8. The smallest absolute Gasteiger partial charge is 0.414 e. The fraction of sp³-hybridized carbons (Fsp3) is 0.769. The molecule has 0 aromatic carbocycles. The lowest BCUT2D eigenvalue weighted by molar-refractivity contribution is -0.160. The van der Waals surface area contributed by atoms with E-state index < -0.39 is 18.1 Å². The summed E-state index contributed by atoms with van der Waals surface area (Å²) in [5.41, 5.74) is -0.521. The first-order valence-corrected chi connectivity index (χ1v) is 6.22. The second kappa shape index (κ2) is 6.20. The van der Waals surface area contributed by atoms with Gasteiger partial charge in [-0.2, -0.15) is 0 Å². The normalized spacial score (nSPS) is 24.8. The van der Waals surface area contributed by atoms with Crippen LogP contribution in [-0.4, -0.2) is 42.8 Å². The summed E-state index contributed by atoms with van der Waals surface area (Å²) in [5, 5.41) is 0. The van der Waals surface area contributed by atoms with Crippen molar-refractivity contribution < 1.29 is 19.0 Å². The van der Waals surface area contributed by atoms with Gasteiger partial charge < -0.3 is 14.2 Å². The third-order valence-electron chi connectivity index (χ3n) is 2.34. The van der Waals surface area contributed by atoms with E-state index in [1.807, 2.05) is 39.8 Å². The lowest BCUT2D eigenvalue weighted by atomic mass is 10.2. The Labute approximate surface area is 109 Å². The number of amides is 1. The van der Waals surface area contributed by atoms with Gasteiger partial charge in [0.05, 0.1) is 12.6 Å². The van der Waals surface area contributed by atoms with E-state index in [1.54, 1.807) is 0 Å². The molecule has 1 aliphatic heterocycles. The first-order valence-electron chi connectivity index (χ1n) is 6.22. The van der Waals surface area contributed by atoms with Gasteiger partial charge >= 0.3 is 6.09 Å². The van der Waals surface area contributed by atoms with Crippen LogP contribution in [0.5, 0.6) is 0 Å². The molecule has 0 aromatic heterocycles. The monoisotopic (exact) mass is 257 g/mol. The number of carbonyl (C=O) groups excluding carboxylic acids is 1. The summed E-state index contributed by atoms with van der Waals surface area (Å²) in [7, 11) is 1.51. The molecule has 2 atom stereocenters. The van der Waals surface area contributed by atoms with Crippen LogP contribution >= 0.6 is 0 Å². The maximum Gasteiger partial charge on any atom is 0.414 e. The van der Waals surface area contributed by atoms with Crippen molar-refractivity contribution in [2.75, 3.05) is 13.7 Å². The molecule has 1 amide bonds. The molecule has 18 heavy (non-hydrogen) atoms. The highest BCUT2D eigenvalue weighted by molar-refractivity contribution is 5.68. The summed E-state index contributed by atoms with van der Waals surface area (Å²) in [6.07, 6.45) is 3.66. The van der Waals surface area contributed by atoms with Crippen LogP contribution in [0, 0.1) is 0 Å². The average Bonchev–Trinajstić information content (AvgIpc) is 2.67. The number of ether oxygens (including phenoxy) is 3. The van der Waals surface area contributed by atoms with Gasteiger partial charge in [-0.3, -0.25) is 4.90 Å². The van der Waals surface area contributed by atoms with E-state index >= 15 is 0 Å². The van der Waals surface area contributed by atoms with Crippen molar-refractivity contribution in [2.24, 2.45) is 0 Å². The summed E-state index contributed by atoms with van der Waals surface area (Å²) >= 11 is 0. The molecule has 1 fully saturated rings. The van der Waals surface area contributed by atoms with Crippen molar-refractivity contribution >= 4 is 6.09 Å². The van der Waals surface area contributed by atoms with E-state index in [-0.39, 0.29) is 6.10 Å². The molecule has 1 aliphatic rings. The van der Waals surface area contributed by atoms with Gasteiger partial charge in [0.15, 0.2) is 0 Å². The molecule has 0 aliphatic carbocycles. The number of hydrogen-bond donors (Lipinski definition) is 0. The molecule has 104 valence electrons. The Hall–Kier alpha value is -1.07. The number of methoxy groups -OCH3 is 1. The van der Waals surface area contributed by atoms with E-state index in [9.17, 15) is 4.79 Å². The SMILES string of the molecule is CC/C=C/C1CN(C(=O)OC(C)(C)C)C(OC)O1. The van der Waals surface area contributed by atoms with Crippen molar-refractivity contribution in [2.45, 2.75) is 52.2 Å². The van der Waals surface area contributed by atoms with Crippen LogP contribution in [0.4, 0.5) is 4.79 Å². The molecule has 1 heterocycles. The maximum atomic E-state index is 12.0. The molecule has 0 aromatic rings. The minimum Gasteiger partial charge on any atom is -0.444 e. The highest BCUT2D eigenvalue weighted by atomic mass is 16.7. The standard InChI is InChI=1S/C13H23NO4/c1-6-7-8-10-9-14(12(16-5)17-10)11(15)18-13(2,3)4/h7-8,10,12H,6,9H2,1-5H3/b8-7+. The number of carbonyl (C=O) groups is 1. The van der Waals surface area contributed by atoms with Crippen LogP contribution in [0.15, 0.2) is 12.2 Å². The van der Waals surface area contributed by atoms with Crippen molar-refractivity contribution in [1.82, 2.24) is 4.90 Å². The molecule has 0 N–H and O–H groups in total. The van der Waals surface area contributed by atoms with Crippen molar-refractivity contribution in [3.8, 4) is 0 Å². The first kappa shape index (κ1) is 15.0. The quantitative estimate of drug-likeness (QED) is 0.729. The third-order valence-corrected chi connectivity index (χ3v) is 2.34. The second-order valence-corrected chi connectivity index (χ2v) is 5.19. The van der Waals surface area contributed by atoms with Crippen LogP contribution in [0.25, 0.3) is 0 Å². The fourth-order valence-corrected chi connectivity index (χ4v) is 1.60. The Morgan fingerprint density at radius 1 is 1.50 bits per heavy atom. The summed E-state index contributed by atoms with van der Waals surface area (Å²) in [6.45, 7) is 7.99. The molecule has 1 saturated heterocycles. The molecule has 1 rings (SSSR count). The fourth-order valence-electron chi connectivity index (χ4n) is 1.60. The zero-order valence-corrected chi connectivity index (χ0v) is 11.8. The van der Waals surface area contributed by atoms with Crippen molar-refractivity contribution in [1.29, 1.82) is 0 Å². The molecule has 0 bridgehead atoms. The lowest BCUT2D eigenvalue weighted by Crippen LogP contribution is -2.41. The Kier molecular flexibility index (Phi) is 5.16. The van der Waals surface area contributed by atoms with Gasteiger partial charge in [-0.05, 0) is 27.2 Å². The summed E-state index contributed by atoms with van der Waals surface area (Å²) in [4.78, 5) is 13.4. The third kappa shape index (κ3) is 4.31. The van der Waals surface area contributed by atoms with E-state index in [4.69, 9.17) is 14.2 Å². The summed E-state index contributed by atoms with van der Waals surface area (Å²) < 4.78 is 16.0. The minimum atomic E-state index is -0.675. The molecule has 5 heteroatoms. The molecule has 0 spiro atoms. The first-order chi connectivity index (χ1) is 8.37. The van der Waals surface area contributed by atoms with Gasteiger partial charge in [0.2, 0.25) is 6.41 Å². The molecular weight excluding hydrogens is 234 g/mol. The van der Waals surface area contributed by atoms with Gasteiger partial charge in [0.1, 0.15) is 5.60 Å². The van der Waals surface area contributed by atoms with Gasteiger partial charge in [-0.1, -0.05) is 19.1 Å². The molecule has 5 nitrogen and oxygen atoms in total. The number of rotatable bonds is 3. The highest BCUT2D eigenvalue weighted by Crippen LogP contribution is 2.21. The Morgan fingerprint density at radius 3 is 2.67 bits per heavy atom. The van der Waals surface area contributed by atoms with Crippen LogP contribution < -0.4 is 0 Å². The van der Waals surface area contributed by atoms with E-state index in [0.717, 1.165) is 6.42 Å². The molecule has 0 saturated carbocycles. The summed E-state index contributed by atoms with van der Waals surface area (Å²) in [6, 6.07) is 0. The Bertz CT molecular complexity index is 309. The predicted octanol–water partition coefficient (Wildman–Crippen LogP) is 2.52. The number of allylic oxidation sites excluding steroid dienone is 1. The predicted molar refractivity (Wildman–Crippen MR) is 68.0 cm³/mol. The van der Waals surface area contributed by atoms with Gasteiger partial charge in [0.25, 0.3) is 0 Å². The molecule has 2 unspecified atom stereocenters. The summed E-state index contributed by atoms with van der Waals surface area (Å²) in [5.74, 6) is 0. The Morgan fingerprint density at radius 2 is 2.17 bits per heavy atom. The average molecular weight is 257 g/mol. The zero-order chi connectivity index (χ0) is 13.8. The maximum absolute atomic E-state index is 12.0. The van der Waals surface area contributed by atoms with Gasteiger partial charge in [0, 0.05) is 7.11 Å². The number of hydrogen-bond acceptors (Lipinski definition) is 4. The molecular formula is C13H23NO4. The highest BCUT2D eigenvalue weighted by Gasteiger charge is 2.37. The topological polar surface area (TPSA) is 48.0 Å². The van der Waals surface area contributed by atoms with Crippen LogP contribution in [0.1, 0.15) is 34.1 Å². The minimum absolute atomic E-state index is 0.137. The van der Waals surface area contributed by atoms with Crippen LogP contribution in [-0.2, 0) is 14.2 Å². The largest absolute Gasteiger partial charge is 0.444 e. The van der Waals surface area contributed by atoms with Crippen LogP contribution in [0.3, 0.4) is 0 Å². The van der Waals surface area contributed by atoms with Gasteiger partial charge in [-0.15, -0.1) is 0 Å². The van der Waals surface area contributed by atoms with Crippen molar-refractivity contribution in [3.05, 3.63) is 12.2 Å². The van der Waals surface area contributed by atoms with Gasteiger partial charge in [-0.25, -0.2) is 4.79 Å². The van der Waals surface area contributed by atoms with E-state index in [0.29, 0.717) is 6.54 Å². The van der Waals surface area contributed by atoms with Crippen molar-refractivity contribution in [3.63, 3.8) is 0 Å². The number of nitrogens with zero attached hydrogens (tertiary/aromatic N) is 1. The lowest BCUT2D eigenvalue weighted by Gasteiger charge is -2.26. The molecule has 0 radical (unpaired) electrons. The van der Waals surface area contributed by atoms with Crippen LogP contribution in [0.2, 0.25) is 0 Å². The van der Waals surface area contributed by atoms with E-state index in [1.165, 1.54) is 12.0 Å². The second-order valence-electron chi connectivity index (χ2n) is 5.19. The van der Waals surface area contributed by atoms with E-state index in [2.05, 4.69) is 0 Å². The Balaban J connectivity index is 2.64.